The van der Waals surface area contributed by atoms with Crippen LogP contribution in [-0.2, 0) is 19.6 Å². The van der Waals surface area contributed by atoms with Gasteiger partial charge in [0.15, 0.2) is 0 Å². The van der Waals surface area contributed by atoms with Crippen molar-refractivity contribution < 1.29 is 9.18 Å². The van der Waals surface area contributed by atoms with Crippen LogP contribution in [0.4, 0.5) is 9.39 Å². The number of nitrogens with zero attached hydrogens (tertiary/aromatic N) is 4. The van der Waals surface area contributed by atoms with E-state index in [1.165, 1.54) is 26.9 Å². The van der Waals surface area contributed by atoms with E-state index in [0.29, 0.717) is 19.4 Å². The summed E-state index contributed by atoms with van der Waals surface area (Å²) in [6.45, 7) is 0.922. The predicted molar refractivity (Wildman–Crippen MR) is 105 cm³/mol. The van der Waals surface area contributed by atoms with E-state index in [2.05, 4.69) is 5.10 Å². The molecule has 9 heteroatoms. The zero-order valence-corrected chi connectivity index (χ0v) is 15.7. The molecular weight excluding hydrogens is 381 g/mol. The fourth-order valence-electron chi connectivity index (χ4n) is 3.12. The van der Waals surface area contributed by atoms with Crippen molar-refractivity contribution in [1.82, 2.24) is 14.3 Å². The molecule has 3 aromatic rings. The lowest BCUT2D eigenvalue weighted by molar-refractivity contribution is 0.0997. The molecular formula is C19H18FN5O2S. The van der Waals surface area contributed by atoms with Crippen molar-refractivity contribution in [2.75, 3.05) is 11.4 Å². The number of fused-ring (bicyclic) bond motifs is 1. The predicted octanol–water partition coefficient (Wildman–Crippen LogP) is 2.13. The summed E-state index contributed by atoms with van der Waals surface area (Å²) in [5.41, 5.74) is 7.12. The van der Waals surface area contributed by atoms with Gasteiger partial charge in [-0.25, -0.2) is 13.9 Å². The molecule has 1 aliphatic rings. The van der Waals surface area contributed by atoms with Gasteiger partial charge in [0, 0.05) is 17.0 Å². The Morgan fingerprint density at radius 2 is 2.07 bits per heavy atom. The fourth-order valence-corrected chi connectivity index (χ4v) is 4.12. The number of thiophene rings is 1. The molecule has 0 aliphatic carbocycles. The highest BCUT2D eigenvalue weighted by Crippen LogP contribution is 2.33. The molecule has 1 aromatic carbocycles. The highest BCUT2D eigenvalue weighted by molar-refractivity contribution is 7.16. The summed E-state index contributed by atoms with van der Waals surface area (Å²) in [5, 5.41) is 4.85. The average molecular weight is 399 g/mol. The quantitative estimate of drug-likeness (QED) is 0.688. The SMILES string of the molecule is NC/C(=C\F)Cn1ncn(Cc2ccc(N3Cc4ccccc4C3=O)s2)c1=O. The summed E-state index contributed by atoms with van der Waals surface area (Å²) in [5.74, 6) is -0.0127. The van der Waals surface area contributed by atoms with E-state index in [9.17, 15) is 14.0 Å². The largest absolute Gasteiger partial charge is 0.346 e. The standard InChI is InChI=1S/C19H18FN5O2S/c20-7-13(8-21)9-25-19(27)23(12-22-25)11-15-5-6-17(28-15)24-10-14-3-1-2-4-16(14)18(24)26/h1-7,12H,8-11,21H2/b13-7+. The summed E-state index contributed by atoms with van der Waals surface area (Å²) in [6.07, 6.45) is 1.83. The number of anilines is 1. The summed E-state index contributed by atoms with van der Waals surface area (Å²) >= 11 is 1.46. The maximum Gasteiger partial charge on any atom is 0.346 e. The number of nitrogens with two attached hydrogens (primary N) is 1. The number of benzene rings is 1. The van der Waals surface area contributed by atoms with Gasteiger partial charge in [0.05, 0.1) is 31.0 Å². The Labute approximate surface area is 164 Å². The molecule has 0 bridgehead atoms. The van der Waals surface area contributed by atoms with Gasteiger partial charge in [-0.2, -0.15) is 5.10 Å². The van der Waals surface area contributed by atoms with Crippen LogP contribution in [0.5, 0.6) is 0 Å². The van der Waals surface area contributed by atoms with Crippen LogP contribution in [0.15, 0.2) is 59.4 Å². The Hall–Kier alpha value is -3.04. The van der Waals surface area contributed by atoms with Gasteiger partial charge in [-0.3, -0.25) is 14.3 Å². The van der Waals surface area contributed by atoms with Crippen LogP contribution in [0, 0.1) is 0 Å². The third-order valence-corrected chi connectivity index (χ3v) is 5.72. The van der Waals surface area contributed by atoms with Gasteiger partial charge in [-0.05, 0) is 29.3 Å². The third-order valence-electron chi connectivity index (χ3n) is 4.63. The molecule has 0 saturated heterocycles. The first-order chi connectivity index (χ1) is 13.6. The van der Waals surface area contributed by atoms with Gasteiger partial charge in [-0.1, -0.05) is 18.2 Å². The summed E-state index contributed by atoms with van der Waals surface area (Å²) in [6, 6.07) is 11.4. The molecule has 0 fully saturated rings. The molecule has 0 radical (unpaired) electrons. The Bertz CT molecular complexity index is 1110. The van der Waals surface area contributed by atoms with Gasteiger partial charge in [0.25, 0.3) is 5.91 Å². The van der Waals surface area contributed by atoms with E-state index in [1.54, 1.807) is 4.90 Å². The summed E-state index contributed by atoms with van der Waals surface area (Å²) in [7, 11) is 0. The molecule has 3 heterocycles. The lowest BCUT2D eigenvalue weighted by atomic mass is 10.1. The zero-order chi connectivity index (χ0) is 19.7. The molecule has 0 atom stereocenters. The van der Waals surface area contributed by atoms with E-state index in [4.69, 9.17) is 5.73 Å². The van der Waals surface area contributed by atoms with E-state index < -0.39 is 0 Å². The number of carbonyl (C=O) groups excluding carboxylic acids is 1. The molecule has 2 N–H and O–H groups in total. The normalized spacial score (nSPS) is 14.0. The maximum atomic E-state index is 12.7. The number of amides is 1. The Kier molecular flexibility index (Phi) is 4.93. The molecule has 4 rings (SSSR count). The van der Waals surface area contributed by atoms with Crippen LogP contribution in [0.2, 0.25) is 0 Å². The minimum Gasteiger partial charge on any atom is -0.327 e. The molecule has 0 unspecified atom stereocenters. The molecule has 7 nitrogen and oxygen atoms in total. The Morgan fingerprint density at radius 3 is 2.82 bits per heavy atom. The highest BCUT2D eigenvalue weighted by Gasteiger charge is 2.28. The van der Waals surface area contributed by atoms with E-state index in [0.717, 1.165) is 21.0 Å². The molecule has 2 aromatic heterocycles. The van der Waals surface area contributed by atoms with Crippen LogP contribution in [0.25, 0.3) is 0 Å². The van der Waals surface area contributed by atoms with Crippen LogP contribution in [-0.4, -0.2) is 26.8 Å². The van der Waals surface area contributed by atoms with Crippen LogP contribution < -0.4 is 16.3 Å². The molecule has 1 aliphatic heterocycles. The van der Waals surface area contributed by atoms with Gasteiger partial charge in [0.1, 0.15) is 6.33 Å². The second-order valence-corrected chi connectivity index (χ2v) is 7.61. The van der Waals surface area contributed by atoms with Crippen LogP contribution in [0.3, 0.4) is 0 Å². The molecule has 28 heavy (non-hydrogen) atoms. The molecule has 1 amide bonds. The smallest absolute Gasteiger partial charge is 0.327 e. The topological polar surface area (TPSA) is 86.2 Å². The summed E-state index contributed by atoms with van der Waals surface area (Å²) < 4.78 is 15.3. The molecule has 0 saturated carbocycles. The van der Waals surface area contributed by atoms with Gasteiger partial charge < -0.3 is 5.73 Å². The number of hydrogen-bond acceptors (Lipinski definition) is 5. The van der Waals surface area contributed by atoms with E-state index in [1.807, 2.05) is 36.4 Å². The minimum absolute atomic E-state index is 0.0127. The first-order valence-electron chi connectivity index (χ1n) is 8.69. The molecule has 0 spiro atoms. The van der Waals surface area contributed by atoms with Crippen molar-refractivity contribution >= 4 is 22.2 Å². The van der Waals surface area contributed by atoms with Crippen molar-refractivity contribution in [3.05, 3.63) is 81.1 Å². The van der Waals surface area contributed by atoms with E-state index >= 15 is 0 Å². The second kappa shape index (κ2) is 7.53. The van der Waals surface area contributed by atoms with Crippen molar-refractivity contribution in [3.8, 4) is 0 Å². The number of aromatic nitrogens is 3. The lowest BCUT2D eigenvalue weighted by Crippen LogP contribution is -2.26. The monoisotopic (exact) mass is 399 g/mol. The molecule has 144 valence electrons. The van der Waals surface area contributed by atoms with Crippen LogP contribution >= 0.6 is 11.3 Å². The average Bonchev–Trinajstić information content (AvgIpc) is 3.40. The second-order valence-electron chi connectivity index (χ2n) is 6.46. The van der Waals surface area contributed by atoms with Crippen molar-refractivity contribution in [2.24, 2.45) is 5.73 Å². The minimum atomic E-state index is -0.340. The zero-order valence-electron chi connectivity index (χ0n) is 14.9. The van der Waals surface area contributed by atoms with E-state index in [-0.39, 0.29) is 30.3 Å². The Morgan fingerprint density at radius 1 is 1.25 bits per heavy atom. The number of carbonyl (C=O) groups is 1. The number of rotatable bonds is 6. The van der Waals surface area contributed by atoms with Gasteiger partial charge in [-0.15, -0.1) is 11.3 Å². The number of hydrogen-bond donors (Lipinski definition) is 1. The van der Waals surface area contributed by atoms with Crippen LogP contribution in [0.1, 0.15) is 20.8 Å². The van der Waals surface area contributed by atoms with Crippen molar-refractivity contribution in [3.63, 3.8) is 0 Å². The lowest BCUT2D eigenvalue weighted by Gasteiger charge is -2.12. The maximum absolute atomic E-state index is 12.7. The van der Waals surface area contributed by atoms with Crippen molar-refractivity contribution in [1.29, 1.82) is 0 Å². The summed E-state index contributed by atoms with van der Waals surface area (Å²) in [4.78, 5) is 27.7. The van der Waals surface area contributed by atoms with Gasteiger partial charge >= 0.3 is 5.69 Å². The Balaban J connectivity index is 1.50. The van der Waals surface area contributed by atoms with Gasteiger partial charge in [0.2, 0.25) is 0 Å². The number of halogens is 1. The fraction of sp³-hybridized carbons (Fsp3) is 0.211. The third kappa shape index (κ3) is 3.30. The first-order valence-corrected chi connectivity index (χ1v) is 9.51. The first kappa shape index (κ1) is 18.3. The highest BCUT2D eigenvalue weighted by atomic mass is 32.1. The van der Waals surface area contributed by atoms with Crippen molar-refractivity contribution in [2.45, 2.75) is 19.6 Å².